The van der Waals surface area contributed by atoms with Gasteiger partial charge in [-0.2, -0.15) is 0 Å². The highest BCUT2D eigenvalue weighted by Gasteiger charge is 2.24. The Morgan fingerprint density at radius 2 is 1.95 bits per heavy atom. The molecule has 0 aromatic heterocycles. The summed E-state index contributed by atoms with van der Waals surface area (Å²) in [6.07, 6.45) is 2.65. The molecule has 0 saturated carbocycles. The third kappa shape index (κ3) is 3.70. The van der Waals surface area contributed by atoms with Crippen molar-refractivity contribution in [3.63, 3.8) is 0 Å². The van der Waals surface area contributed by atoms with Crippen LogP contribution in [0, 0.1) is 5.92 Å². The summed E-state index contributed by atoms with van der Waals surface area (Å²) in [5, 5.41) is 9.22. The fourth-order valence-corrected chi connectivity index (χ4v) is 2.44. The molecule has 1 atom stereocenters. The van der Waals surface area contributed by atoms with Crippen LogP contribution in [0.5, 0.6) is 5.75 Å². The van der Waals surface area contributed by atoms with Crippen LogP contribution in [0.2, 0.25) is 0 Å². The molecule has 0 bridgehead atoms. The van der Waals surface area contributed by atoms with Crippen LogP contribution in [-0.2, 0) is 11.2 Å². The van der Waals surface area contributed by atoms with Crippen molar-refractivity contribution in [3.05, 3.63) is 29.8 Å². The lowest BCUT2D eigenvalue weighted by Gasteiger charge is -2.32. The van der Waals surface area contributed by atoms with Crippen molar-refractivity contribution in [2.75, 3.05) is 13.1 Å². The van der Waals surface area contributed by atoms with Crippen molar-refractivity contribution in [2.24, 2.45) is 11.7 Å². The summed E-state index contributed by atoms with van der Waals surface area (Å²) in [6.45, 7) is 3.87. The molecule has 0 aliphatic carbocycles. The molecule has 104 valence electrons. The zero-order valence-corrected chi connectivity index (χ0v) is 11.4. The van der Waals surface area contributed by atoms with Crippen LogP contribution in [0.3, 0.4) is 0 Å². The van der Waals surface area contributed by atoms with Gasteiger partial charge in [-0.05, 0) is 42.9 Å². The molecule has 0 spiro atoms. The maximum Gasteiger partial charge on any atom is 0.239 e. The molecule has 1 heterocycles. The van der Waals surface area contributed by atoms with Crippen LogP contribution < -0.4 is 5.73 Å². The lowest BCUT2D eigenvalue weighted by molar-refractivity contribution is -0.133. The Kier molecular flexibility index (Phi) is 4.43. The summed E-state index contributed by atoms with van der Waals surface area (Å²) >= 11 is 0. The average Bonchev–Trinajstić information content (AvgIpc) is 2.41. The molecule has 19 heavy (non-hydrogen) atoms. The lowest BCUT2D eigenvalue weighted by Crippen LogP contribution is -2.47. The zero-order valence-electron chi connectivity index (χ0n) is 11.4. The van der Waals surface area contributed by atoms with Crippen molar-refractivity contribution >= 4 is 5.91 Å². The highest BCUT2D eigenvalue weighted by atomic mass is 16.3. The van der Waals surface area contributed by atoms with Gasteiger partial charge in [-0.3, -0.25) is 4.79 Å². The molecule has 1 unspecified atom stereocenters. The van der Waals surface area contributed by atoms with Crippen molar-refractivity contribution < 1.29 is 9.90 Å². The molecule has 1 amide bonds. The molecule has 4 heteroatoms. The minimum Gasteiger partial charge on any atom is -0.508 e. The molecule has 3 N–H and O–H groups in total. The third-order valence-electron chi connectivity index (χ3n) is 3.80. The van der Waals surface area contributed by atoms with Gasteiger partial charge in [0.15, 0.2) is 0 Å². The number of carbonyl (C=O) groups excluding carboxylic acids is 1. The summed E-state index contributed by atoms with van der Waals surface area (Å²) in [7, 11) is 0. The Labute approximate surface area is 114 Å². The van der Waals surface area contributed by atoms with Crippen molar-refractivity contribution in [3.8, 4) is 5.75 Å². The number of amides is 1. The average molecular weight is 262 g/mol. The van der Waals surface area contributed by atoms with E-state index in [1.54, 1.807) is 24.3 Å². The Morgan fingerprint density at radius 1 is 1.37 bits per heavy atom. The number of carbonyl (C=O) groups is 1. The lowest BCUT2D eigenvalue weighted by atomic mass is 9.98. The fraction of sp³-hybridized carbons (Fsp3) is 0.533. The number of rotatable bonds is 3. The minimum atomic E-state index is -0.488. The number of aromatic hydroxyl groups is 1. The van der Waals surface area contributed by atoms with E-state index in [1.165, 1.54) is 0 Å². The second kappa shape index (κ2) is 6.06. The smallest absolute Gasteiger partial charge is 0.239 e. The molecule has 1 saturated heterocycles. The summed E-state index contributed by atoms with van der Waals surface area (Å²) in [5.41, 5.74) is 6.98. The van der Waals surface area contributed by atoms with Gasteiger partial charge in [-0.15, -0.1) is 0 Å². The summed E-state index contributed by atoms with van der Waals surface area (Å²) in [5.74, 6) is 0.978. The van der Waals surface area contributed by atoms with E-state index in [1.807, 2.05) is 4.90 Å². The first-order valence-corrected chi connectivity index (χ1v) is 6.88. The largest absolute Gasteiger partial charge is 0.508 e. The Bertz CT molecular complexity index is 422. The molecule has 2 rings (SSSR count). The molecule has 0 radical (unpaired) electrons. The van der Waals surface area contributed by atoms with Crippen LogP contribution in [-0.4, -0.2) is 35.0 Å². The van der Waals surface area contributed by atoms with Gasteiger partial charge in [0.05, 0.1) is 6.04 Å². The highest BCUT2D eigenvalue weighted by molar-refractivity contribution is 5.82. The number of hydrogen-bond acceptors (Lipinski definition) is 3. The molecule has 1 aliphatic rings. The highest BCUT2D eigenvalue weighted by Crippen LogP contribution is 2.17. The van der Waals surface area contributed by atoms with Gasteiger partial charge in [-0.1, -0.05) is 19.1 Å². The van der Waals surface area contributed by atoms with E-state index in [4.69, 9.17) is 5.73 Å². The zero-order chi connectivity index (χ0) is 13.8. The molecule has 4 nitrogen and oxygen atoms in total. The minimum absolute atomic E-state index is 0.0416. The fourth-order valence-electron chi connectivity index (χ4n) is 2.44. The second-order valence-corrected chi connectivity index (χ2v) is 5.48. The summed E-state index contributed by atoms with van der Waals surface area (Å²) in [6, 6.07) is 6.36. The van der Waals surface area contributed by atoms with Crippen molar-refractivity contribution in [1.82, 2.24) is 4.90 Å². The van der Waals surface area contributed by atoms with Gasteiger partial charge in [0.2, 0.25) is 5.91 Å². The molecular formula is C15H22N2O2. The third-order valence-corrected chi connectivity index (χ3v) is 3.80. The van der Waals surface area contributed by atoms with E-state index in [-0.39, 0.29) is 11.7 Å². The Balaban J connectivity index is 1.90. The molecule has 1 aliphatic heterocycles. The van der Waals surface area contributed by atoms with Gasteiger partial charge in [-0.25, -0.2) is 0 Å². The van der Waals surface area contributed by atoms with Gasteiger partial charge < -0.3 is 15.7 Å². The first-order valence-electron chi connectivity index (χ1n) is 6.88. The summed E-state index contributed by atoms with van der Waals surface area (Å²) < 4.78 is 0. The summed E-state index contributed by atoms with van der Waals surface area (Å²) in [4.78, 5) is 14.1. The molecule has 1 aromatic rings. The number of piperidine rings is 1. The van der Waals surface area contributed by atoms with Crippen LogP contribution in [0.25, 0.3) is 0 Å². The topological polar surface area (TPSA) is 66.6 Å². The monoisotopic (exact) mass is 262 g/mol. The normalized spacial score (nSPS) is 18.3. The predicted molar refractivity (Wildman–Crippen MR) is 74.8 cm³/mol. The quantitative estimate of drug-likeness (QED) is 0.868. The second-order valence-electron chi connectivity index (χ2n) is 5.48. The number of phenols is 1. The maximum absolute atomic E-state index is 12.2. The van der Waals surface area contributed by atoms with E-state index < -0.39 is 6.04 Å². The van der Waals surface area contributed by atoms with Crippen molar-refractivity contribution in [2.45, 2.75) is 32.2 Å². The maximum atomic E-state index is 12.2. The van der Waals surface area contributed by atoms with Crippen molar-refractivity contribution in [1.29, 1.82) is 0 Å². The first kappa shape index (κ1) is 13.9. The number of benzene rings is 1. The SMILES string of the molecule is CC1CCN(C(=O)C(N)Cc2ccc(O)cc2)CC1. The number of nitrogens with two attached hydrogens (primary N) is 1. The van der Waals surface area contributed by atoms with Crippen LogP contribution in [0.1, 0.15) is 25.3 Å². The number of hydrogen-bond donors (Lipinski definition) is 2. The van der Waals surface area contributed by atoms with E-state index in [0.717, 1.165) is 31.5 Å². The number of nitrogens with zero attached hydrogens (tertiary/aromatic N) is 1. The van der Waals surface area contributed by atoms with Crippen LogP contribution >= 0.6 is 0 Å². The molecular weight excluding hydrogens is 240 g/mol. The van der Waals surface area contributed by atoms with Crippen LogP contribution in [0.15, 0.2) is 24.3 Å². The van der Waals surface area contributed by atoms with Crippen LogP contribution in [0.4, 0.5) is 0 Å². The van der Waals surface area contributed by atoms with E-state index in [2.05, 4.69) is 6.92 Å². The Morgan fingerprint density at radius 3 is 2.53 bits per heavy atom. The first-order chi connectivity index (χ1) is 9.06. The van der Waals surface area contributed by atoms with Gasteiger partial charge in [0, 0.05) is 13.1 Å². The van der Waals surface area contributed by atoms with Gasteiger partial charge in [0.1, 0.15) is 5.75 Å². The van der Waals surface area contributed by atoms with Gasteiger partial charge >= 0.3 is 0 Å². The van der Waals surface area contributed by atoms with E-state index in [0.29, 0.717) is 12.3 Å². The van der Waals surface area contributed by atoms with Gasteiger partial charge in [0.25, 0.3) is 0 Å². The standard InChI is InChI=1S/C15H22N2O2/c1-11-6-8-17(9-7-11)15(19)14(16)10-12-2-4-13(18)5-3-12/h2-5,11,14,18H,6-10,16H2,1H3. The van der Waals surface area contributed by atoms with E-state index in [9.17, 15) is 9.90 Å². The Hall–Kier alpha value is -1.55. The number of phenolic OH excluding ortho intramolecular Hbond substituents is 1. The number of likely N-dealkylation sites (tertiary alicyclic amines) is 1. The molecule has 1 aromatic carbocycles. The molecule has 1 fully saturated rings. The van der Waals surface area contributed by atoms with E-state index >= 15 is 0 Å². The predicted octanol–water partition coefficient (Wildman–Crippen LogP) is 1.52.